The summed E-state index contributed by atoms with van der Waals surface area (Å²) in [4.78, 5) is 25.0. The number of benzene rings is 1. The van der Waals surface area contributed by atoms with Crippen LogP contribution >= 0.6 is 0 Å². The van der Waals surface area contributed by atoms with E-state index < -0.39 is 29.6 Å². The highest BCUT2D eigenvalue weighted by Crippen LogP contribution is 2.38. The Labute approximate surface area is 121 Å². The lowest BCUT2D eigenvalue weighted by molar-refractivity contribution is -0.153. The molecule has 0 radical (unpaired) electrons. The molecule has 1 fully saturated rings. The molecule has 0 saturated carbocycles. The van der Waals surface area contributed by atoms with Gasteiger partial charge in [-0.15, -0.1) is 0 Å². The molecule has 1 aromatic rings. The second-order valence-electron chi connectivity index (χ2n) is 5.53. The molecule has 0 spiro atoms. The van der Waals surface area contributed by atoms with Gasteiger partial charge < -0.3 is 10.0 Å². The fraction of sp³-hybridized carbons (Fsp3) is 0.467. The van der Waals surface area contributed by atoms with Crippen molar-refractivity contribution in [1.82, 2.24) is 4.90 Å². The average Bonchev–Trinajstić information content (AvgIpc) is 2.36. The van der Waals surface area contributed by atoms with Crippen molar-refractivity contribution in [3.8, 4) is 0 Å². The molecule has 1 aliphatic rings. The number of amides is 1. The summed E-state index contributed by atoms with van der Waals surface area (Å²) in [6, 6.07) is 1.81. The van der Waals surface area contributed by atoms with Gasteiger partial charge in [0.2, 0.25) is 5.91 Å². The van der Waals surface area contributed by atoms with Crippen molar-refractivity contribution in [2.45, 2.75) is 38.8 Å². The van der Waals surface area contributed by atoms with Crippen LogP contribution in [0.4, 0.5) is 8.78 Å². The molecule has 2 atom stereocenters. The normalized spacial score (nSPS) is 22.7. The summed E-state index contributed by atoms with van der Waals surface area (Å²) in [5.41, 5.74) is 0.182. The molecule has 21 heavy (non-hydrogen) atoms. The van der Waals surface area contributed by atoms with Gasteiger partial charge in [0.05, 0.1) is 12.0 Å². The minimum Gasteiger partial charge on any atom is -0.481 e. The van der Waals surface area contributed by atoms with Crippen LogP contribution in [0.1, 0.15) is 38.3 Å². The number of aliphatic carboxylic acids is 1. The first-order valence-electron chi connectivity index (χ1n) is 6.81. The van der Waals surface area contributed by atoms with Crippen molar-refractivity contribution in [3.63, 3.8) is 0 Å². The molecule has 1 aromatic carbocycles. The van der Waals surface area contributed by atoms with Gasteiger partial charge >= 0.3 is 5.97 Å². The highest BCUT2D eigenvalue weighted by molar-refractivity contribution is 5.82. The van der Waals surface area contributed by atoms with Crippen LogP contribution in [0.25, 0.3) is 0 Å². The van der Waals surface area contributed by atoms with Gasteiger partial charge in [0, 0.05) is 18.5 Å². The van der Waals surface area contributed by atoms with Crippen molar-refractivity contribution >= 4 is 11.9 Å². The first kappa shape index (κ1) is 15.4. The van der Waals surface area contributed by atoms with Gasteiger partial charge in [0.1, 0.15) is 11.6 Å². The minimum atomic E-state index is -1.07. The number of carbonyl (C=O) groups is 2. The Morgan fingerprint density at radius 1 is 1.29 bits per heavy atom. The summed E-state index contributed by atoms with van der Waals surface area (Å²) in [5, 5.41) is 9.37. The standard InChI is InChI=1S/C15H17F2NO3/c1-8(2)18-13(19)4-3-12(15(20)21)14(18)9-5-10(16)7-11(17)6-9/h5-8,12,14H,3-4H2,1-2H3,(H,20,21). The molecule has 2 unspecified atom stereocenters. The van der Waals surface area contributed by atoms with Crippen molar-refractivity contribution < 1.29 is 23.5 Å². The number of carboxylic acid groups (broad SMARTS) is 1. The number of piperidine rings is 1. The van der Waals surface area contributed by atoms with Crippen molar-refractivity contribution in [1.29, 1.82) is 0 Å². The maximum absolute atomic E-state index is 13.4. The number of carboxylic acids is 1. The monoisotopic (exact) mass is 297 g/mol. The topological polar surface area (TPSA) is 57.6 Å². The molecule has 4 nitrogen and oxygen atoms in total. The quantitative estimate of drug-likeness (QED) is 0.933. The Hall–Kier alpha value is -1.98. The van der Waals surface area contributed by atoms with Crippen LogP contribution in [-0.2, 0) is 9.59 Å². The van der Waals surface area contributed by atoms with E-state index in [9.17, 15) is 23.5 Å². The van der Waals surface area contributed by atoms with E-state index in [1.807, 2.05) is 0 Å². The number of nitrogens with zero attached hydrogens (tertiary/aromatic N) is 1. The third-order valence-electron chi connectivity index (χ3n) is 3.74. The zero-order chi connectivity index (χ0) is 15.7. The summed E-state index contributed by atoms with van der Waals surface area (Å²) in [5.74, 6) is -3.70. The van der Waals surface area contributed by atoms with Crippen LogP contribution in [0.15, 0.2) is 18.2 Å². The number of hydrogen-bond acceptors (Lipinski definition) is 2. The van der Waals surface area contributed by atoms with E-state index in [1.165, 1.54) is 4.90 Å². The minimum absolute atomic E-state index is 0.128. The van der Waals surface area contributed by atoms with Gasteiger partial charge in [-0.25, -0.2) is 8.78 Å². The molecule has 114 valence electrons. The fourth-order valence-corrected chi connectivity index (χ4v) is 2.92. The summed E-state index contributed by atoms with van der Waals surface area (Å²) in [7, 11) is 0. The van der Waals surface area contributed by atoms with Crippen LogP contribution in [0.3, 0.4) is 0 Å². The van der Waals surface area contributed by atoms with Crippen molar-refractivity contribution in [2.75, 3.05) is 0 Å². The van der Waals surface area contributed by atoms with E-state index in [1.54, 1.807) is 13.8 Å². The number of rotatable bonds is 3. The van der Waals surface area contributed by atoms with E-state index in [0.717, 1.165) is 18.2 Å². The zero-order valence-electron chi connectivity index (χ0n) is 11.8. The fourth-order valence-electron chi connectivity index (χ4n) is 2.92. The second kappa shape index (κ2) is 5.79. The lowest BCUT2D eigenvalue weighted by Gasteiger charge is -2.42. The predicted molar refractivity (Wildman–Crippen MR) is 71.4 cm³/mol. The highest BCUT2D eigenvalue weighted by atomic mass is 19.1. The predicted octanol–water partition coefficient (Wildman–Crippen LogP) is 2.74. The summed E-state index contributed by atoms with van der Waals surface area (Å²) in [6.07, 6.45) is 0.295. The summed E-state index contributed by atoms with van der Waals surface area (Å²) < 4.78 is 26.9. The van der Waals surface area contributed by atoms with E-state index in [4.69, 9.17) is 0 Å². The molecule has 1 heterocycles. The largest absolute Gasteiger partial charge is 0.481 e. The molecule has 1 saturated heterocycles. The molecule has 1 amide bonds. The molecule has 2 rings (SSSR count). The number of carbonyl (C=O) groups excluding carboxylic acids is 1. The molecule has 1 aliphatic heterocycles. The smallest absolute Gasteiger partial charge is 0.308 e. The van der Waals surface area contributed by atoms with Crippen LogP contribution in [0.2, 0.25) is 0 Å². The van der Waals surface area contributed by atoms with Crippen LogP contribution < -0.4 is 0 Å². The third-order valence-corrected chi connectivity index (χ3v) is 3.74. The van der Waals surface area contributed by atoms with E-state index >= 15 is 0 Å². The van der Waals surface area contributed by atoms with Gasteiger partial charge in [-0.05, 0) is 38.0 Å². The van der Waals surface area contributed by atoms with E-state index in [2.05, 4.69) is 0 Å². The number of likely N-dealkylation sites (tertiary alicyclic amines) is 1. The van der Waals surface area contributed by atoms with Crippen LogP contribution in [0.5, 0.6) is 0 Å². The first-order chi connectivity index (χ1) is 9.81. The van der Waals surface area contributed by atoms with Gasteiger partial charge in [-0.1, -0.05) is 0 Å². The molecule has 0 bridgehead atoms. The molecule has 6 heteroatoms. The molecular formula is C15H17F2NO3. The number of halogens is 2. The second-order valence-corrected chi connectivity index (χ2v) is 5.53. The SMILES string of the molecule is CC(C)N1C(=O)CCC(C(=O)O)C1c1cc(F)cc(F)c1. The summed E-state index contributed by atoms with van der Waals surface area (Å²) in [6.45, 7) is 3.51. The van der Waals surface area contributed by atoms with Gasteiger partial charge in [-0.2, -0.15) is 0 Å². The highest BCUT2D eigenvalue weighted by Gasteiger charge is 2.42. The molecule has 1 N–H and O–H groups in total. The average molecular weight is 297 g/mol. The lowest BCUT2D eigenvalue weighted by Crippen LogP contribution is -2.48. The Morgan fingerprint density at radius 2 is 1.86 bits per heavy atom. The Bertz CT molecular complexity index is 554. The Balaban J connectivity index is 2.53. The van der Waals surface area contributed by atoms with E-state index in [-0.39, 0.29) is 30.4 Å². The van der Waals surface area contributed by atoms with E-state index in [0.29, 0.717) is 0 Å². The van der Waals surface area contributed by atoms with Crippen LogP contribution in [0, 0.1) is 17.6 Å². The zero-order valence-corrected chi connectivity index (χ0v) is 11.8. The molecular weight excluding hydrogens is 280 g/mol. The Kier molecular flexibility index (Phi) is 4.25. The summed E-state index contributed by atoms with van der Waals surface area (Å²) >= 11 is 0. The first-order valence-corrected chi connectivity index (χ1v) is 6.81. The molecule has 0 aliphatic carbocycles. The Morgan fingerprint density at radius 3 is 2.33 bits per heavy atom. The van der Waals surface area contributed by atoms with Crippen LogP contribution in [-0.4, -0.2) is 27.9 Å². The maximum atomic E-state index is 13.4. The van der Waals surface area contributed by atoms with Gasteiger partial charge in [-0.3, -0.25) is 9.59 Å². The van der Waals surface area contributed by atoms with Crippen molar-refractivity contribution in [2.24, 2.45) is 5.92 Å². The maximum Gasteiger partial charge on any atom is 0.308 e. The lowest BCUT2D eigenvalue weighted by atomic mass is 9.83. The van der Waals surface area contributed by atoms with Gasteiger partial charge in [0.15, 0.2) is 0 Å². The molecule has 0 aromatic heterocycles. The van der Waals surface area contributed by atoms with Gasteiger partial charge in [0.25, 0.3) is 0 Å². The third kappa shape index (κ3) is 3.04. The van der Waals surface area contributed by atoms with Crippen molar-refractivity contribution in [3.05, 3.63) is 35.4 Å². The number of hydrogen-bond donors (Lipinski definition) is 1.